The van der Waals surface area contributed by atoms with E-state index in [1.165, 1.54) is 23.9 Å². The van der Waals surface area contributed by atoms with E-state index >= 15 is 0 Å². The van der Waals surface area contributed by atoms with E-state index < -0.39 is 0 Å². The lowest BCUT2D eigenvalue weighted by Gasteiger charge is -2.13. The van der Waals surface area contributed by atoms with Crippen molar-refractivity contribution in [1.82, 2.24) is 9.97 Å². The Morgan fingerprint density at radius 3 is 2.70 bits per heavy atom. The highest BCUT2D eigenvalue weighted by atomic mass is 32.2. The van der Waals surface area contributed by atoms with Gasteiger partial charge in [-0.1, -0.05) is 30.8 Å². The van der Waals surface area contributed by atoms with E-state index in [9.17, 15) is 9.18 Å². The molecule has 6 heteroatoms. The van der Waals surface area contributed by atoms with Gasteiger partial charge in [-0.2, -0.15) is 0 Å². The summed E-state index contributed by atoms with van der Waals surface area (Å²) >= 11 is 1.39. The van der Waals surface area contributed by atoms with Crippen LogP contribution in [0.2, 0.25) is 0 Å². The minimum absolute atomic E-state index is 0.121. The number of anilines is 1. The van der Waals surface area contributed by atoms with Crippen molar-refractivity contribution < 1.29 is 9.18 Å². The third kappa shape index (κ3) is 3.71. The topological polar surface area (TPSA) is 57.8 Å². The first-order valence-electron chi connectivity index (χ1n) is 7.33. The Bertz CT molecular complexity index is 783. The van der Waals surface area contributed by atoms with Gasteiger partial charge in [0.15, 0.2) is 5.16 Å². The molecule has 0 radical (unpaired) electrons. The molecule has 0 saturated carbocycles. The van der Waals surface area contributed by atoms with Gasteiger partial charge in [-0.15, -0.1) is 0 Å². The first-order valence-corrected chi connectivity index (χ1v) is 8.21. The molecule has 1 heterocycles. The van der Waals surface area contributed by atoms with Crippen LogP contribution in [0, 0.1) is 5.82 Å². The third-order valence-electron chi connectivity index (χ3n) is 3.40. The SMILES string of the molecule is CCC(Sc1nc2ccccc2[nH]1)C(=O)Nc1ccc(F)cc1. The fourth-order valence-electron chi connectivity index (χ4n) is 2.20. The Morgan fingerprint density at radius 1 is 1.26 bits per heavy atom. The predicted molar refractivity (Wildman–Crippen MR) is 91.1 cm³/mol. The number of aromatic nitrogens is 2. The number of carbonyl (C=O) groups is 1. The summed E-state index contributed by atoms with van der Waals surface area (Å²) < 4.78 is 12.9. The number of nitrogens with zero attached hydrogens (tertiary/aromatic N) is 1. The molecule has 23 heavy (non-hydrogen) atoms. The number of H-pyrrole nitrogens is 1. The summed E-state index contributed by atoms with van der Waals surface area (Å²) in [6.07, 6.45) is 0.661. The van der Waals surface area contributed by atoms with Crippen molar-refractivity contribution in [2.75, 3.05) is 5.32 Å². The maximum absolute atomic E-state index is 12.9. The molecule has 3 rings (SSSR count). The van der Waals surface area contributed by atoms with Gasteiger partial charge in [0.25, 0.3) is 0 Å². The minimum Gasteiger partial charge on any atom is -0.333 e. The summed E-state index contributed by atoms with van der Waals surface area (Å²) in [5.41, 5.74) is 2.41. The van der Waals surface area contributed by atoms with E-state index in [0.29, 0.717) is 17.3 Å². The van der Waals surface area contributed by atoms with Gasteiger partial charge < -0.3 is 10.3 Å². The summed E-state index contributed by atoms with van der Waals surface area (Å²) in [7, 11) is 0. The molecule has 2 aromatic carbocycles. The minimum atomic E-state index is -0.327. The molecule has 2 N–H and O–H groups in total. The number of benzene rings is 2. The summed E-state index contributed by atoms with van der Waals surface area (Å²) in [4.78, 5) is 20.1. The smallest absolute Gasteiger partial charge is 0.237 e. The molecule has 1 aromatic heterocycles. The maximum Gasteiger partial charge on any atom is 0.237 e. The number of hydrogen-bond acceptors (Lipinski definition) is 3. The lowest BCUT2D eigenvalue weighted by molar-refractivity contribution is -0.115. The van der Waals surface area contributed by atoms with Gasteiger partial charge in [0, 0.05) is 5.69 Å². The first-order chi connectivity index (χ1) is 11.2. The van der Waals surface area contributed by atoms with Crippen molar-refractivity contribution in [3.05, 3.63) is 54.3 Å². The summed E-state index contributed by atoms with van der Waals surface area (Å²) in [6, 6.07) is 13.5. The van der Waals surface area contributed by atoms with Crippen LogP contribution in [0.15, 0.2) is 53.7 Å². The summed E-state index contributed by atoms with van der Waals surface area (Å²) in [5.74, 6) is -0.448. The van der Waals surface area contributed by atoms with Gasteiger partial charge >= 0.3 is 0 Å². The van der Waals surface area contributed by atoms with E-state index in [-0.39, 0.29) is 17.0 Å². The molecule has 1 amide bonds. The average Bonchev–Trinajstić information content (AvgIpc) is 2.97. The molecule has 0 saturated heterocycles. The van der Waals surface area contributed by atoms with Crippen LogP contribution in [0.3, 0.4) is 0 Å². The number of thioether (sulfide) groups is 1. The van der Waals surface area contributed by atoms with Gasteiger partial charge in [0.1, 0.15) is 5.82 Å². The van der Waals surface area contributed by atoms with Crippen molar-refractivity contribution in [2.45, 2.75) is 23.8 Å². The number of rotatable bonds is 5. The molecule has 0 fully saturated rings. The molecule has 0 spiro atoms. The Morgan fingerprint density at radius 2 is 2.00 bits per heavy atom. The summed E-state index contributed by atoms with van der Waals surface area (Å²) in [5, 5.41) is 3.24. The predicted octanol–water partition coefficient (Wildman–Crippen LogP) is 4.21. The lowest BCUT2D eigenvalue weighted by atomic mass is 10.2. The molecule has 1 unspecified atom stereocenters. The van der Waals surface area contributed by atoms with Crippen molar-refractivity contribution >= 4 is 34.4 Å². The standard InChI is InChI=1S/C17H16FN3OS/c1-2-15(16(22)19-12-9-7-11(18)8-10-12)23-17-20-13-5-3-4-6-14(13)21-17/h3-10,15H,2H2,1H3,(H,19,22)(H,20,21). The largest absolute Gasteiger partial charge is 0.333 e. The number of carbonyl (C=O) groups excluding carboxylic acids is 1. The van der Waals surface area contributed by atoms with Gasteiger partial charge in [-0.3, -0.25) is 4.79 Å². The highest BCUT2D eigenvalue weighted by Gasteiger charge is 2.20. The number of amides is 1. The van der Waals surface area contributed by atoms with Crippen LogP contribution in [0.5, 0.6) is 0 Å². The molecule has 0 aliphatic heterocycles. The number of para-hydroxylation sites is 2. The van der Waals surface area contributed by atoms with E-state index in [1.807, 2.05) is 31.2 Å². The number of hydrogen-bond donors (Lipinski definition) is 2. The normalized spacial score (nSPS) is 12.3. The second-order valence-corrected chi connectivity index (χ2v) is 6.26. The van der Waals surface area contributed by atoms with E-state index in [4.69, 9.17) is 0 Å². The van der Waals surface area contributed by atoms with Crippen LogP contribution >= 0.6 is 11.8 Å². The van der Waals surface area contributed by atoms with Gasteiger partial charge in [0.05, 0.1) is 16.3 Å². The molecular weight excluding hydrogens is 313 g/mol. The molecule has 0 aliphatic carbocycles. The molecule has 0 aliphatic rings. The second kappa shape index (κ2) is 6.83. The zero-order valence-corrected chi connectivity index (χ0v) is 13.4. The Balaban J connectivity index is 1.71. The molecule has 1 atom stereocenters. The van der Waals surface area contributed by atoms with Crippen LogP contribution in [0.25, 0.3) is 11.0 Å². The Labute approximate surface area is 137 Å². The van der Waals surface area contributed by atoms with Gasteiger partial charge in [-0.05, 0) is 42.8 Å². The molecule has 3 aromatic rings. The van der Waals surface area contributed by atoms with Crippen LogP contribution in [-0.2, 0) is 4.79 Å². The fraction of sp³-hybridized carbons (Fsp3) is 0.176. The first kappa shape index (κ1) is 15.6. The zero-order chi connectivity index (χ0) is 16.2. The van der Waals surface area contributed by atoms with Crippen LogP contribution in [-0.4, -0.2) is 21.1 Å². The van der Waals surface area contributed by atoms with Crippen LogP contribution in [0.4, 0.5) is 10.1 Å². The number of nitrogens with one attached hydrogen (secondary N) is 2. The number of imidazole rings is 1. The number of fused-ring (bicyclic) bond motifs is 1. The van der Waals surface area contributed by atoms with Gasteiger partial charge in [0.2, 0.25) is 5.91 Å². The van der Waals surface area contributed by atoms with E-state index in [0.717, 1.165) is 11.0 Å². The highest BCUT2D eigenvalue weighted by Crippen LogP contribution is 2.26. The maximum atomic E-state index is 12.9. The Hall–Kier alpha value is -2.34. The molecule has 4 nitrogen and oxygen atoms in total. The zero-order valence-electron chi connectivity index (χ0n) is 12.5. The van der Waals surface area contributed by atoms with E-state index in [1.54, 1.807) is 12.1 Å². The highest BCUT2D eigenvalue weighted by molar-refractivity contribution is 8.00. The van der Waals surface area contributed by atoms with Crippen molar-refractivity contribution in [3.8, 4) is 0 Å². The second-order valence-electron chi connectivity index (χ2n) is 5.07. The monoisotopic (exact) mass is 329 g/mol. The van der Waals surface area contributed by atoms with Crippen molar-refractivity contribution in [2.24, 2.45) is 0 Å². The molecular formula is C17H16FN3OS. The van der Waals surface area contributed by atoms with Crippen molar-refractivity contribution in [1.29, 1.82) is 0 Å². The van der Waals surface area contributed by atoms with Crippen molar-refractivity contribution in [3.63, 3.8) is 0 Å². The fourth-order valence-corrected chi connectivity index (χ4v) is 3.12. The van der Waals surface area contributed by atoms with Crippen LogP contribution in [0.1, 0.15) is 13.3 Å². The van der Waals surface area contributed by atoms with Gasteiger partial charge in [-0.25, -0.2) is 9.37 Å². The molecule has 0 bridgehead atoms. The lowest BCUT2D eigenvalue weighted by Crippen LogP contribution is -2.24. The number of halogens is 1. The summed E-state index contributed by atoms with van der Waals surface area (Å²) in [6.45, 7) is 1.95. The van der Waals surface area contributed by atoms with E-state index in [2.05, 4.69) is 15.3 Å². The van der Waals surface area contributed by atoms with Crippen LogP contribution < -0.4 is 5.32 Å². The quantitative estimate of drug-likeness (QED) is 0.689. The average molecular weight is 329 g/mol. The Kier molecular flexibility index (Phi) is 4.62. The molecule has 118 valence electrons. The number of aromatic amines is 1. The third-order valence-corrected chi connectivity index (χ3v) is 4.65.